The van der Waals surface area contributed by atoms with E-state index in [0.29, 0.717) is 31.5 Å². The van der Waals surface area contributed by atoms with Crippen LogP contribution in [0.3, 0.4) is 0 Å². The zero-order valence-electron chi connectivity index (χ0n) is 31.9. The van der Waals surface area contributed by atoms with Crippen molar-refractivity contribution < 1.29 is 28.9 Å². The molecule has 284 valence electrons. The van der Waals surface area contributed by atoms with Crippen LogP contribution in [-0.4, -0.2) is 48.6 Å². The van der Waals surface area contributed by atoms with Crippen LogP contribution in [0.2, 0.25) is 0 Å². The number of carbonyl (C=O) groups is 2. The number of aliphatic hydroxyl groups excluding tert-OH is 1. The Kier molecular flexibility index (Phi) is 31.8. The number of ether oxygens (including phenoxy) is 3. The summed E-state index contributed by atoms with van der Waals surface area (Å²) in [4.78, 5) is 23.9. The van der Waals surface area contributed by atoms with Gasteiger partial charge in [-0.3, -0.25) is 9.59 Å². The lowest BCUT2D eigenvalue weighted by molar-refractivity contribution is -0.152. The highest BCUT2D eigenvalue weighted by Gasteiger charge is 2.36. The fourth-order valence-corrected chi connectivity index (χ4v) is 6.06. The van der Waals surface area contributed by atoms with Crippen molar-refractivity contribution in [1.29, 1.82) is 0 Å². The maximum atomic E-state index is 12.0. The van der Waals surface area contributed by atoms with Gasteiger partial charge in [0.15, 0.2) is 0 Å². The van der Waals surface area contributed by atoms with Crippen molar-refractivity contribution in [1.82, 2.24) is 0 Å². The van der Waals surface area contributed by atoms with E-state index >= 15 is 0 Å². The van der Waals surface area contributed by atoms with Crippen LogP contribution in [0.4, 0.5) is 0 Å². The molecule has 6 heteroatoms. The SMILES string of the molecule is CCCCCCCCCCCCCCCCCCCC(=O)OC[C@@H](O)COC(=O)CCC/C=C\C/C=C\C/C=C\CC1OC1CCCCC. The lowest BCUT2D eigenvalue weighted by atomic mass is 10.0. The zero-order chi connectivity index (χ0) is 35.5. The summed E-state index contributed by atoms with van der Waals surface area (Å²) in [5, 5.41) is 10.0. The van der Waals surface area contributed by atoms with E-state index in [2.05, 4.69) is 50.3 Å². The first-order chi connectivity index (χ1) is 24.1. The van der Waals surface area contributed by atoms with Crippen LogP contribution < -0.4 is 0 Å². The van der Waals surface area contributed by atoms with E-state index in [1.54, 1.807) is 0 Å². The average molecular weight is 689 g/mol. The molecule has 1 rings (SSSR count). The van der Waals surface area contributed by atoms with Gasteiger partial charge in [-0.25, -0.2) is 0 Å². The summed E-state index contributed by atoms with van der Waals surface area (Å²) >= 11 is 0. The predicted octanol–water partition coefficient (Wildman–Crippen LogP) is 11.8. The van der Waals surface area contributed by atoms with Gasteiger partial charge in [0.25, 0.3) is 0 Å². The van der Waals surface area contributed by atoms with Gasteiger partial charge in [-0.05, 0) is 44.9 Å². The van der Waals surface area contributed by atoms with Crippen LogP contribution in [-0.2, 0) is 23.8 Å². The van der Waals surface area contributed by atoms with Gasteiger partial charge in [0.2, 0.25) is 0 Å². The molecule has 1 aliphatic heterocycles. The number of esters is 2. The molecule has 0 bridgehead atoms. The van der Waals surface area contributed by atoms with Crippen molar-refractivity contribution in [2.24, 2.45) is 0 Å². The fraction of sp³-hybridized carbons (Fsp3) is 0.814. The second-order valence-electron chi connectivity index (χ2n) is 14.1. The van der Waals surface area contributed by atoms with Gasteiger partial charge in [0, 0.05) is 12.8 Å². The Bertz CT molecular complexity index is 849. The number of carbonyl (C=O) groups excluding carboxylic acids is 2. The van der Waals surface area contributed by atoms with Crippen molar-refractivity contribution in [3.63, 3.8) is 0 Å². The molecule has 1 N–H and O–H groups in total. The van der Waals surface area contributed by atoms with E-state index in [4.69, 9.17) is 14.2 Å². The molecule has 2 unspecified atom stereocenters. The first-order valence-corrected chi connectivity index (χ1v) is 20.7. The molecule has 1 heterocycles. The lowest BCUT2D eigenvalue weighted by Gasteiger charge is -2.12. The van der Waals surface area contributed by atoms with Crippen molar-refractivity contribution in [3.8, 4) is 0 Å². The van der Waals surface area contributed by atoms with E-state index < -0.39 is 6.10 Å². The van der Waals surface area contributed by atoms with Gasteiger partial charge < -0.3 is 19.3 Å². The standard InChI is InChI=1S/C43H76O6/c1-3-5-7-8-9-10-11-12-13-14-15-16-17-21-24-27-31-35-42(45)47-37-39(44)38-48-43(46)36-32-28-25-22-19-18-20-23-26-30-34-41-40(49-41)33-29-6-4-2/h18,20,22,25-26,30,39-41,44H,3-17,19,21,23-24,27-29,31-38H2,1-2H3/b20-18-,25-22-,30-26-/t39-,40?,41?/m1/s1. The topological polar surface area (TPSA) is 85.4 Å². The van der Waals surface area contributed by atoms with Gasteiger partial charge in [0.05, 0.1) is 12.2 Å². The van der Waals surface area contributed by atoms with Gasteiger partial charge in [-0.2, -0.15) is 0 Å². The summed E-state index contributed by atoms with van der Waals surface area (Å²) in [5.41, 5.74) is 0. The summed E-state index contributed by atoms with van der Waals surface area (Å²) < 4.78 is 16.0. The highest BCUT2D eigenvalue weighted by molar-refractivity contribution is 5.69. The number of epoxide rings is 1. The molecule has 0 aromatic carbocycles. The third-order valence-electron chi connectivity index (χ3n) is 9.30. The van der Waals surface area contributed by atoms with E-state index in [1.165, 1.54) is 116 Å². The normalized spacial score (nSPS) is 16.6. The molecule has 0 aromatic rings. The van der Waals surface area contributed by atoms with Gasteiger partial charge >= 0.3 is 11.9 Å². The first-order valence-electron chi connectivity index (χ1n) is 20.7. The fourth-order valence-electron chi connectivity index (χ4n) is 6.06. The minimum atomic E-state index is -0.987. The first kappa shape index (κ1) is 45.1. The lowest BCUT2D eigenvalue weighted by Crippen LogP contribution is -2.25. The Hall–Kier alpha value is -1.92. The largest absolute Gasteiger partial charge is 0.463 e. The van der Waals surface area contributed by atoms with E-state index in [9.17, 15) is 14.7 Å². The maximum Gasteiger partial charge on any atom is 0.305 e. The molecule has 0 saturated carbocycles. The zero-order valence-corrected chi connectivity index (χ0v) is 31.9. The molecule has 0 amide bonds. The molecular weight excluding hydrogens is 612 g/mol. The Labute approximate surface area is 301 Å². The molecule has 6 nitrogen and oxygen atoms in total. The molecule has 0 aliphatic carbocycles. The molecule has 1 saturated heterocycles. The van der Waals surface area contributed by atoms with Crippen LogP contribution in [0.25, 0.3) is 0 Å². The van der Waals surface area contributed by atoms with Crippen molar-refractivity contribution in [3.05, 3.63) is 36.5 Å². The second kappa shape index (κ2) is 34.5. The Morgan fingerprint density at radius 2 is 0.980 bits per heavy atom. The van der Waals surface area contributed by atoms with Crippen molar-refractivity contribution in [2.45, 2.75) is 212 Å². The number of hydrogen-bond acceptors (Lipinski definition) is 6. The third kappa shape index (κ3) is 31.8. The Balaban J connectivity index is 1.83. The molecule has 0 aromatic heterocycles. The van der Waals surface area contributed by atoms with Crippen LogP contribution in [0, 0.1) is 0 Å². The quantitative estimate of drug-likeness (QED) is 0.0305. The molecule has 0 spiro atoms. The van der Waals surface area contributed by atoms with Crippen LogP contribution in [0.15, 0.2) is 36.5 Å². The number of unbranched alkanes of at least 4 members (excludes halogenated alkanes) is 19. The monoisotopic (exact) mass is 689 g/mol. The molecule has 49 heavy (non-hydrogen) atoms. The smallest absolute Gasteiger partial charge is 0.305 e. The van der Waals surface area contributed by atoms with Crippen LogP contribution in [0.1, 0.15) is 194 Å². The van der Waals surface area contributed by atoms with Crippen molar-refractivity contribution >= 4 is 11.9 Å². The number of allylic oxidation sites excluding steroid dienone is 5. The third-order valence-corrected chi connectivity index (χ3v) is 9.30. The molecule has 3 atom stereocenters. The molecule has 0 radical (unpaired) electrons. The van der Waals surface area contributed by atoms with E-state index in [1.807, 2.05) is 0 Å². The highest BCUT2D eigenvalue weighted by Crippen LogP contribution is 2.30. The summed E-state index contributed by atoms with van der Waals surface area (Å²) in [7, 11) is 0. The second-order valence-corrected chi connectivity index (χ2v) is 14.1. The highest BCUT2D eigenvalue weighted by atomic mass is 16.6. The van der Waals surface area contributed by atoms with Gasteiger partial charge in [-0.1, -0.05) is 172 Å². The number of aliphatic hydroxyl groups is 1. The van der Waals surface area contributed by atoms with E-state index in [-0.39, 0.29) is 25.2 Å². The summed E-state index contributed by atoms with van der Waals surface area (Å²) in [6, 6.07) is 0. The summed E-state index contributed by atoms with van der Waals surface area (Å²) in [6.07, 6.45) is 45.2. The summed E-state index contributed by atoms with van der Waals surface area (Å²) in [6.45, 7) is 4.23. The molecule has 1 fully saturated rings. The molecule has 1 aliphatic rings. The van der Waals surface area contributed by atoms with Crippen LogP contribution >= 0.6 is 0 Å². The minimum Gasteiger partial charge on any atom is -0.463 e. The summed E-state index contributed by atoms with van der Waals surface area (Å²) in [5.74, 6) is -0.628. The van der Waals surface area contributed by atoms with Gasteiger partial charge in [-0.15, -0.1) is 0 Å². The Morgan fingerprint density at radius 1 is 0.551 bits per heavy atom. The number of hydrogen-bond donors (Lipinski definition) is 1. The Morgan fingerprint density at radius 3 is 1.51 bits per heavy atom. The maximum absolute atomic E-state index is 12.0. The predicted molar refractivity (Wildman–Crippen MR) is 205 cm³/mol. The average Bonchev–Trinajstić information content (AvgIpc) is 3.86. The minimum absolute atomic E-state index is 0.133. The van der Waals surface area contributed by atoms with Gasteiger partial charge in [0.1, 0.15) is 19.3 Å². The van der Waals surface area contributed by atoms with Crippen LogP contribution in [0.5, 0.6) is 0 Å². The van der Waals surface area contributed by atoms with Crippen molar-refractivity contribution in [2.75, 3.05) is 13.2 Å². The number of rotatable bonds is 36. The molecular formula is C43H76O6. The van der Waals surface area contributed by atoms with E-state index in [0.717, 1.165) is 44.9 Å².